The lowest BCUT2D eigenvalue weighted by Gasteiger charge is -2.15. The van der Waals surface area contributed by atoms with E-state index >= 15 is 0 Å². The summed E-state index contributed by atoms with van der Waals surface area (Å²) in [5, 5.41) is 3.00. The van der Waals surface area contributed by atoms with E-state index in [4.69, 9.17) is 4.74 Å². The van der Waals surface area contributed by atoms with Crippen LogP contribution in [0.5, 0.6) is 5.75 Å². The first-order valence-corrected chi connectivity index (χ1v) is 6.84. The monoisotopic (exact) mass is 271 g/mol. The molecule has 104 valence electrons. The van der Waals surface area contributed by atoms with E-state index in [-0.39, 0.29) is 11.9 Å². The van der Waals surface area contributed by atoms with Gasteiger partial charge in [0.05, 0.1) is 12.6 Å². The number of aromatic amines is 1. The lowest BCUT2D eigenvalue weighted by atomic mass is 10.1. The zero-order valence-electron chi connectivity index (χ0n) is 11.3. The van der Waals surface area contributed by atoms with Crippen LogP contribution in [0.1, 0.15) is 41.1 Å². The van der Waals surface area contributed by atoms with Gasteiger partial charge in [-0.05, 0) is 30.2 Å². The first-order chi connectivity index (χ1) is 9.78. The molecule has 5 heteroatoms. The van der Waals surface area contributed by atoms with Crippen LogP contribution in [0.25, 0.3) is 0 Å². The van der Waals surface area contributed by atoms with Gasteiger partial charge in [-0.25, -0.2) is 4.98 Å². The number of amides is 1. The number of carbonyl (C=O) groups excluding carboxylic acids is 1. The topological polar surface area (TPSA) is 67.0 Å². The van der Waals surface area contributed by atoms with Crippen LogP contribution in [0.3, 0.4) is 0 Å². The van der Waals surface area contributed by atoms with E-state index in [9.17, 15) is 4.79 Å². The van der Waals surface area contributed by atoms with E-state index in [2.05, 4.69) is 15.3 Å². The maximum Gasteiger partial charge on any atom is 0.251 e. The van der Waals surface area contributed by atoms with Crippen LogP contribution in [0, 0.1) is 0 Å². The van der Waals surface area contributed by atoms with Gasteiger partial charge in [0.15, 0.2) is 0 Å². The largest absolute Gasteiger partial charge is 0.493 e. The van der Waals surface area contributed by atoms with Crippen LogP contribution in [0.15, 0.2) is 30.6 Å². The molecular weight excluding hydrogens is 254 g/mol. The van der Waals surface area contributed by atoms with Crippen molar-refractivity contribution >= 4 is 5.91 Å². The fourth-order valence-corrected chi connectivity index (χ4v) is 2.40. The van der Waals surface area contributed by atoms with Crippen molar-refractivity contribution in [3.63, 3.8) is 0 Å². The Morgan fingerprint density at radius 3 is 3.20 bits per heavy atom. The second kappa shape index (κ2) is 5.36. The van der Waals surface area contributed by atoms with Crippen molar-refractivity contribution in [2.75, 3.05) is 6.61 Å². The molecule has 3 rings (SSSR count). The minimum absolute atomic E-state index is 0.0806. The summed E-state index contributed by atoms with van der Waals surface area (Å²) in [6, 6.07) is 5.48. The molecule has 0 bridgehead atoms. The minimum atomic E-state index is -0.0954. The number of rotatable bonds is 4. The van der Waals surface area contributed by atoms with Crippen molar-refractivity contribution < 1.29 is 9.53 Å². The number of H-pyrrole nitrogens is 1. The van der Waals surface area contributed by atoms with E-state index in [1.807, 2.05) is 19.1 Å². The Morgan fingerprint density at radius 2 is 2.45 bits per heavy atom. The van der Waals surface area contributed by atoms with Crippen molar-refractivity contribution in [2.45, 2.75) is 25.8 Å². The predicted molar refractivity (Wildman–Crippen MR) is 74.7 cm³/mol. The average Bonchev–Trinajstić information content (AvgIpc) is 3.14. The molecule has 0 saturated carbocycles. The number of fused-ring (bicyclic) bond motifs is 1. The maximum absolute atomic E-state index is 12.3. The van der Waals surface area contributed by atoms with Crippen molar-refractivity contribution in [3.8, 4) is 5.75 Å². The standard InChI is InChI=1S/C15H17N3O2/c1-2-12(14-16-6-7-17-14)18-15(19)11-3-4-13-10(9-11)5-8-20-13/h3-4,6-7,9,12H,2,5,8H2,1H3,(H,16,17)(H,18,19). The molecule has 5 nitrogen and oxygen atoms in total. The summed E-state index contributed by atoms with van der Waals surface area (Å²) in [7, 11) is 0. The summed E-state index contributed by atoms with van der Waals surface area (Å²) in [5.41, 5.74) is 1.77. The summed E-state index contributed by atoms with van der Waals surface area (Å²) in [6.07, 6.45) is 5.10. The van der Waals surface area contributed by atoms with E-state index in [1.54, 1.807) is 18.5 Å². The lowest BCUT2D eigenvalue weighted by Crippen LogP contribution is -2.28. The van der Waals surface area contributed by atoms with E-state index < -0.39 is 0 Å². The number of benzene rings is 1. The molecule has 1 atom stereocenters. The van der Waals surface area contributed by atoms with Crippen LogP contribution in [0.4, 0.5) is 0 Å². The minimum Gasteiger partial charge on any atom is -0.493 e. The van der Waals surface area contributed by atoms with Gasteiger partial charge in [0.1, 0.15) is 11.6 Å². The molecule has 0 spiro atoms. The molecule has 2 aromatic rings. The second-order valence-electron chi connectivity index (χ2n) is 4.83. The highest BCUT2D eigenvalue weighted by Crippen LogP contribution is 2.26. The molecule has 1 unspecified atom stereocenters. The molecule has 1 aliphatic rings. The second-order valence-corrected chi connectivity index (χ2v) is 4.83. The summed E-state index contributed by atoms with van der Waals surface area (Å²) in [5.74, 6) is 1.59. The first-order valence-electron chi connectivity index (χ1n) is 6.84. The SMILES string of the molecule is CCC(NC(=O)c1ccc2c(c1)CCO2)c1ncc[nH]1. The zero-order valence-corrected chi connectivity index (χ0v) is 11.3. The average molecular weight is 271 g/mol. The molecule has 2 heterocycles. The fourth-order valence-electron chi connectivity index (χ4n) is 2.40. The van der Waals surface area contributed by atoms with Gasteiger partial charge in [-0.1, -0.05) is 6.92 Å². The quantitative estimate of drug-likeness (QED) is 0.896. The third-order valence-corrected chi connectivity index (χ3v) is 3.51. The summed E-state index contributed by atoms with van der Waals surface area (Å²) < 4.78 is 5.45. The van der Waals surface area contributed by atoms with Gasteiger partial charge in [-0.3, -0.25) is 4.79 Å². The first kappa shape index (κ1) is 12.7. The molecule has 1 amide bonds. The Labute approximate surface area is 117 Å². The van der Waals surface area contributed by atoms with Crippen LogP contribution in [-0.2, 0) is 6.42 Å². The third kappa shape index (κ3) is 2.39. The van der Waals surface area contributed by atoms with Crippen LogP contribution in [0.2, 0.25) is 0 Å². The van der Waals surface area contributed by atoms with Gasteiger partial charge in [0.25, 0.3) is 5.91 Å². The molecule has 1 aliphatic heterocycles. The van der Waals surface area contributed by atoms with Gasteiger partial charge in [0, 0.05) is 24.4 Å². The smallest absolute Gasteiger partial charge is 0.251 e. The number of imidazole rings is 1. The van der Waals surface area contributed by atoms with Crippen molar-refractivity contribution in [3.05, 3.63) is 47.5 Å². The Balaban J connectivity index is 1.75. The summed E-state index contributed by atoms with van der Waals surface area (Å²) >= 11 is 0. The van der Waals surface area contributed by atoms with Gasteiger partial charge >= 0.3 is 0 Å². The van der Waals surface area contributed by atoms with Crippen LogP contribution < -0.4 is 10.1 Å². The fraction of sp³-hybridized carbons (Fsp3) is 0.333. The zero-order chi connectivity index (χ0) is 13.9. The maximum atomic E-state index is 12.3. The Hall–Kier alpha value is -2.30. The lowest BCUT2D eigenvalue weighted by molar-refractivity contribution is 0.0934. The van der Waals surface area contributed by atoms with Crippen LogP contribution in [-0.4, -0.2) is 22.5 Å². The Bertz CT molecular complexity index is 608. The molecule has 2 N–H and O–H groups in total. The molecule has 0 saturated heterocycles. The number of carbonyl (C=O) groups is 1. The number of hydrogen-bond acceptors (Lipinski definition) is 3. The molecule has 0 fully saturated rings. The predicted octanol–water partition coefficient (Wildman–Crippen LogP) is 2.23. The third-order valence-electron chi connectivity index (χ3n) is 3.51. The molecule has 1 aromatic heterocycles. The van der Waals surface area contributed by atoms with Crippen LogP contribution >= 0.6 is 0 Å². The summed E-state index contributed by atoms with van der Waals surface area (Å²) in [4.78, 5) is 19.6. The van der Waals surface area contributed by atoms with E-state index in [0.29, 0.717) is 12.2 Å². The van der Waals surface area contributed by atoms with Gasteiger partial charge in [0.2, 0.25) is 0 Å². The van der Waals surface area contributed by atoms with Crippen molar-refractivity contribution in [1.82, 2.24) is 15.3 Å². The number of nitrogens with zero attached hydrogens (tertiary/aromatic N) is 1. The Morgan fingerprint density at radius 1 is 1.55 bits per heavy atom. The van der Waals surface area contributed by atoms with Gasteiger partial charge in [-0.2, -0.15) is 0 Å². The number of ether oxygens (including phenoxy) is 1. The normalized spacial score (nSPS) is 14.4. The molecule has 0 radical (unpaired) electrons. The van der Waals surface area contributed by atoms with E-state index in [1.165, 1.54) is 0 Å². The molecule has 0 aliphatic carbocycles. The van der Waals surface area contributed by atoms with Crippen molar-refractivity contribution in [1.29, 1.82) is 0 Å². The molecular formula is C15H17N3O2. The highest BCUT2D eigenvalue weighted by atomic mass is 16.5. The number of nitrogens with one attached hydrogen (secondary N) is 2. The molecule has 1 aromatic carbocycles. The van der Waals surface area contributed by atoms with Gasteiger partial charge in [-0.15, -0.1) is 0 Å². The van der Waals surface area contributed by atoms with Gasteiger partial charge < -0.3 is 15.0 Å². The summed E-state index contributed by atoms with van der Waals surface area (Å²) in [6.45, 7) is 2.72. The molecule has 20 heavy (non-hydrogen) atoms. The highest BCUT2D eigenvalue weighted by Gasteiger charge is 2.18. The highest BCUT2D eigenvalue weighted by molar-refractivity contribution is 5.94. The Kier molecular flexibility index (Phi) is 3.41. The number of aromatic nitrogens is 2. The number of hydrogen-bond donors (Lipinski definition) is 2. The van der Waals surface area contributed by atoms with E-state index in [0.717, 1.165) is 30.0 Å². The van der Waals surface area contributed by atoms with Crippen molar-refractivity contribution in [2.24, 2.45) is 0 Å².